The summed E-state index contributed by atoms with van der Waals surface area (Å²) in [6, 6.07) is 2.01. The molecule has 1 saturated heterocycles. The van der Waals surface area contributed by atoms with E-state index >= 15 is 0 Å². The average Bonchev–Trinajstić information content (AvgIpc) is 2.93. The molecule has 0 saturated carbocycles. The topological polar surface area (TPSA) is 41.9 Å². The number of aryl methyl sites for hydroxylation is 1. The van der Waals surface area contributed by atoms with E-state index in [1.54, 1.807) is 11.3 Å². The smallest absolute Gasteiger partial charge is 0.125 e. The Morgan fingerprint density at radius 1 is 1.37 bits per heavy atom. The molecule has 0 spiro atoms. The molecule has 3 rings (SSSR count). The van der Waals surface area contributed by atoms with Gasteiger partial charge in [-0.2, -0.15) is 0 Å². The number of aromatic nitrogens is 3. The van der Waals surface area contributed by atoms with Crippen molar-refractivity contribution in [1.29, 1.82) is 0 Å². The van der Waals surface area contributed by atoms with Crippen molar-refractivity contribution in [3.05, 3.63) is 40.4 Å². The fraction of sp³-hybridized carbons (Fsp3) is 0.500. The van der Waals surface area contributed by atoms with Gasteiger partial charge in [0.1, 0.15) is 5.82 Å². The predicted molar refractivity (Wildman–Crippen MR) is 76.1 cm³/mol. The van der Waals surface area contributed by atoms with Crippen LogP contribution in [0.15, 0.2) is 23.8 Å². The fourth-order valence-electron chi connectivity index (χ4n) is 2.66. The van der Waals surface area contributed by atoms with Crippen molar-refractivity contribution < 1.29 is 0 Å². The van der Waals surface area contributed by atoms with E-state index < -0.39 is 0 Å². The number of thiazole rings is 1. The van der Waals surface area contributed by atoms with Crippen molar-refractivity contribution in [3.63, 3.8) is 0 Å². The Kier molecular flexibility index (Phi) is 3.84. The Bertz CT molecular complexity index is 526. The Morgan fingerprint density at radius 3 is 3.11 bits per heavy atom. The van der Waals surface area contributed by atoms with Gasteiger partial charge in [0.05, 0.1) is 10.7 Å². The van der Waals surface area contributed by atoms with Crippen LogP contribution >= 0.6 is 11.3 Å². The van der Waals surface area contributed by atoms with Gasteiger partial charge in [0.25, 0.3) is 0 Å². The molecule has 4 nitrogen and oxygen atoms in total. The maximum Gasteiger partial charge on any atom is 0.125 e. The first-order valence-electron chi connectivity index (χ1n) is 6.71. The van der Waals surface area contributed by atoms with Crippen LogP contribution in [0.4, 0.5) is 0 Å². The Labute approximate surface area is 117 Å². The summed E-state index contributed by atoms with van der Waals surface area (Å²) < 4.78 is 0. The van der Waals surface area contributed by atoms with E-state index in [-0.39, 0.29) is 0 Å². The second-order valence-electron chi connectivity index (χ2n) is 5.04. The molecule has 2 aromatic rings. The molecule has 3 heterocycles. The monoisotopic (exact) mass is 274 g/mol. The van der Waals surface area contributed by atoms with Crippen molar-refractivity contribution in [2.75, 3.05) is 13.1 Å². The summed E-state index contributed by atoms with van der Waals surface area (Å²) in [6.07, 6.45) is 6.26. The predicted octanol–water partition coefficient (Wildman–Crippen LogP) is 2.62. The summed E-state index contributed by atoms with van der Waals surface area (Å²) >= 11 is 1.78. The third kappa shape index (κ3) is 3.16. The lowest BCUT2D eigenvalue weighted by molar-refractivity contribution is 0.198. The standard InChI is InChI=1S/C14H18N4S/c1-11-15-5-4-13(17-11)10-18-7-2-3-12(9-18)14-16-6-8-19-14/h4-6,8,12H,2-3,7,9-10H2,1H3/t12-/m0/s1. The fourth-order valence-corrected chi connectivity index (χ4v) is 3.43. The lowest BCUT2D eigenvalue weighted by Crippen LogP contribution is -2.34. The molecular weight excluding hydrogens is 256 g/mol. The van der Waals surface area contributed by atoms with Gasteiger partial charge in [-0.1, -0.05) is 0 Å². The number of piperidine rings is 1. The van der Waals surface area contributed by atoms with Gasteiger partial charge in [-0.15, -0.1) is 11.3 Å². The normalized spacial score (nSPS) is 20.6. The lowest BCUT2D eigenvalue weighted by atomic mass is 9.98. The molecule has 0 amide bonds. The molecule has 1 atom stereocenters. The van der Waals surface area contributed by atoms with Gasteiger partial charge in [0.2, 0.25) is 0 Å². The first-order chi connectivity index (χ1) is 9.31. The highest BCUT2D eigenvalue weighted by Gasteiger charge is 2.23. The lowest BCUT2D eigenvalue weighted by Gasteiger charge is -2.31. The summed E-state index contributed by atoms with van der Waals surface area (Å²) in [6.45, 7) is 5.12. The summed E-state index contributed by atoms with van der Waals surface area (Å²) in [4.78, 5) is 15.6. The minimum absolute atomic E-state index is 0.594. The van der Waals surface area contributed by atoms with Gasteiger partial charge >= 0.3 is 0 Å². The molecule has 2 aromatic heterocycles. The molecule has 1 aliphatic heterocycles. The van der Waals surface area contributed by atoms with Crippen LogP contribution in [0.25, 0.3) is 0 Å². The zero-order chi connectivity index (χ0) is 13.1. The molecular formula is C14H18N4S. The third-order valence-electron chi connectivity index (χ3n) is 3.53. The number of nitrogens with zero attached hydrogens (tertiary/aromatic N) is 4. The number of hydrogen-bond acceptors (Lipinski definition) is 5. The second-order valence-corrected chi connectivity index (χ2v) is 5.97. The Hall–Kier alpha value is -1.33. The van der Waals surface area contributed by atoms with Crippen molar-refractivity contribution in [1.82, 2.24) is 19.9 Å². The molecule has 0 aromatic carbocycles. The van der Waals surface area contributed by atoms with E-state index in [9.17, 15) is 0 Å². The highest BCUT2D eigenvalue weighted by molar-refractivity contribution is 7.09. The van der Waals surface area contributed by atoms with Crippen LogP contribution in [0, 0.1) is 6.92 Å². The van der Waals surface area contributed by atoms with Crippen LogP contribution in [0.1, 0.15) is 35.3 Å². The third-order valence-corrected chi connectivity index (χ3v) is 4.46. The van der Waals surface area contributed by atoms with Gasteiger partial charge in [0.15, 0.2) is 0 Å². The molecule has 0 N–H and O–H groups in total. The second kappa shape index (κ2) is 5.75. The SMILES string of the molecule is Cc1nccc(CN2CCC[C@H](c3nccs3)C2)n1. The number of likely N-dealkylation sites (tertiary alicyclic amines) is 1. The highest BCUT2D eigenvalue weighted by atomic mass is 32.1. The van der Waals surface area contributed by atoms with Crippen molar-refractivity contribution >= 4 is 11.3 Å². The first-order valence-corrected chi connectivity index (χ1v) is 7.59. The Morgan fingerprint density at radius 2 is 2.32 bits per heavy atom. The maximum absolute atomic E-state index is 4.49. The largest absolute Gasteiger partial charge is 0.297 e. The van der Waals surface area contributed by atoms with E-state index in [4.69, 9.17) is 0 Å². The van der Waals surface area contributed by atoms with Crippen LogP contribution < -0.4 is 0 Å². The van der Waals surface area contributed by atoms with Crippen LogP contribution in [0.3, 0.4) is 0 Å². The van der Waals surface area contributed by atoms with Crippen molar-refractivity contribution in [2.45, 2.75) is 32.2 Å². The van der Waals surface area contributed by atoms with Gasteiger partial charge < -0.3 is 0 Å². The molecule has 1 aliphatic rings. The molecule has 0 radical (unpaired) electrons. The van der Waals surface area contributed by atoms with E-state index in [1.807, 2.05) is 25.4 Å². The summed E-state index contributed by atoms with van der Waals surface area (Å²) in [5.41, 5.74) is 1.12. The van der Waals surface area contributed by atoms with Crippen molar-refractivity contribution in [2.24, 2.45) is 0 Å². The molecule has 19 heavy (non-hydrogen) atoms. The van der Waals surface area contributed by atoms with Crippen LogP contribution in [0.5, 0.6) is 0 Å². The number of hydrogen-bond donors (Lipinski definition) is 0. The van der Waals surface area contributed by atoms with Crippen LogP contribution in [-0.2, 0) is 6.54 Å². The van der Waals surface area contributed by atoms with E-state index in [1.165, 1.54) is 17.8 Å². The zero-order valence-electron chi connectivity index (χ0n) is 11.1. The first kappa shape index (κ1) is 12.7. The summed E-state index contributed by atoms with van der Waals surface area (Å²) in [7, 11) is 0. The van der Waals surface area contributed by atoms with Gasteiger partial charge in [0, 0.05) is 36.8 Å². The van der Waals surface area contributed by atoms with Crippen LogP contribution in [0.2, 0.25) is 0 Å². The van der Waals surface area contributed by atoms with E-state index in [2.05, 4.69) is 25.2 Å². The maximum atomic E-state index is 4.49. The minimum atomic E-state index is 0.594. The zero-order valence-corrected chi connectivity index (χ0v) is 11.9. The highest BCUT2D eigenvalue weighted by Crippen LogP contribution is 2.28. The average molecular weight is 274 g/mol. The molecule has 1 fully saturated rings. The van der Waals surface area contributed by atoms with Crippen molar-refractivity contribution in [3.8, 4) is 0 Å². The van der Waals surface area contributed by atoms with Gasteiger partial charge in [-0.3, -0.25) is 4.90 Å². The minimum Gasteiger partial charge on any atom is -0.297 e. The summed E-state index contributed by atoms with van der Waals surface area (Å²) in [5.74, 6) is 1.45. The number of rotatable bonds is 3. The molecule has 0 unspecified atom stereocenters. The van der Waals surface area contributed by atoms with Gasteiger partial charge in [-0.25, -0.2) is 15.0 Å². The molecule has 0 bridgehead atoms. The molecule has 100 valence electrons. The molecule has 0 aliphatic carbocycles. The molecule has 5 heteroatoms. The van der Waals surface area contributed by atoms with E-state index in [0.29, 0.717) is 5.92 Å². The van der Waals surface area contributed by atoms with Crippen LogP contribution in [-0.4, -0.2) is 32.9 Å². The Balaban J connectivity index is 1.65. The quantitative estimate of drug-likeness (QED) is 0.863. The van der Waals surface area contributed by atoms with E-state index in [0.717, 1.165) is 31.2 Å². The van der Waals surface area contributed by atoms with Gasteiger partial charge in [-0.05, 0) is 32.4 Å². The summed E-state index contributed by atoms with van der Waals surface area (Å²) in [5, 5.41) is 3.35.